The number of aromatic nitrogens is 2. The normalized spacial score (nSPS) is 10.1. The van der Waals surface area contributed by atoms with Crippen molar-refractivity contribution in [1.82, 2.24) is 15.0 Å². The van der Waals surface area contributed by atoms with E-state index in [0.29, 0.717) is 21.5 Å². The fourth-order valence-corrected chi connectivity index (χ4v) is 2.80. The predicted octanol–water partition coefficient (Wildman–Crippen LogP) is 2.53. The summed E-state index contributed by atoms with van der Waals surface area (Å²) in [5.74, 6) is -0.667. The van der Waals surface area contributed by atoms with Gasteiger partial charge >= 0.3 is 0 Å². The Bertz CT molecular complexity index is 935. The van der Waals surface area contributed by atoms with E-state index >= 15 is 0 Å². The van der Waals surface area contributed by atoms with E-state index < -0.39 is 5.91 Å². The number of hydrogen-bond acceptors (Lipinski definition) is 7. The molecule has 0 saturated carbocycles. The number of hydrazine groups is 1. The van der Waals surface area contributed by atoms with Crippen molar-refractivity contribution in [1.29, 1.82) is 0 Å². The zero-order chi connectivity index (χ0) is 21.6. The number of amides is 3. The van der Waals surface area contributed by atoms with Crippen LogP contribution in [0.5, 0.6) is 0 Å². The van der Waals surface area contributed by atoms with E-state index in [2.05, 4.69) is 20.6 Å². The molecule has 2 heterocycles. The minimum atomic E-state index is -0.439. The van der Waals surface area contributed by atoms with E-state index in [1.165, 1.54) is 66.4 Å². The van der Waals surface area contributed by atoms with E-state index in [9.17, 15) is 14.4 Å². The number of pyridine rings is 2. The van der Waals surface area contributed by atoms with Gasteiger partial charge in [-0.15, -0.1) is 0 Å². The van der Waals surface area contributed by atoms with Crippen LogP contribution in [0.4, 0.5) is 17.2 Å². The number of thioether (sulfide) groups is 1. The summed E-state index contributed by atoms with van der Waals surface area (Å²) in [5, 5.41) is 8.04. The summed E-state index contributed by atoms with van der Waals surface area (Å²) in [5.41, 5.74) is 1.00. The van der Waals surface area contributed by atoms with Gasteiger partial charge < -0.3 is 10.6 Å². The van der Waals surface area contributed by atoms with Gasteiger partial charge in [0.25, 0.3) is 5.91 Å². The number of carbonyl (C=O) groups excluding carboxylic acids is 3. The van der Waals surface area contributed by atoms with Crippen molar-refractivity contribution in [2.24, 2.45) is 0 Å². The van der Waals surface area contributed by atoms with Gasteiger partial charge in [-0.3, -0.25) is 24.4 Å². The van der Waals surface area contributed by atoms with Gasteiger partial charge in [-0.25, -0.2) is 9.99 Å². The lowest BCUT2D eigenvalue weighted by Crippen LogP contribution is -2.46. The van der Waals surface area contributed by atoms with Crippen molar-refractivity contribution in [2.45, 2.75) is 13.8 Å². The van der Waals surface area contributed by atoms with Gasteiger partial charge in [-0.2, -0.15) is 0 Å². The lowest BCUT2D eigenvalue weighted by Gasteiger charge is -2.33. The summed E-state index contributed by atoms with van der Waals surface area (Å²) in [6.07, 6.45) is 6.12. The van der Waals surface area contributed by atoms with Crippen molar-refractivity contribution in [2.75, 3.05) is 28.9 Å². The fraction of sp³-hybridized carbons (Fsp3) is 0.222. The molecule has 0 fully saturated rings. The van der Waals surface area contributed by atoms with Crippen LogP contribution in [0.15, 0.2) is 36.8 Å². The molecule has 0 atom stereocenters. The molecule has 2 N–H and O–H groups in total. The average Bonchev–Trinajstić information content (AvgIpc) is 2.68. The molecule has 0 aliphatic carbocycles. The van der Waals surface area contributed by atoms with Crippen LogP contribution in [-0.2, 0) is 9.59 Å². The monoisotopic (exact) mass is 432 g/mol. The Kier molecular flexibility index (Phi) is 7.62. The Hall–Kier alpha value is -3.05. The zero-order valence-electron chi connectivity index (χ0n) is 16.3. The van der Waals surface area contributed by atoms with Crippen molar-refractivity contribution < 1.29 is 14.4 Å². The number of nitrogens with zero attached hydrogens (tertiary/aromatic N) is 4. The van der Waals surface area contributed by atoms with Gasteiger partial charge in [0, 0.05) is 33.3 Å². The lowest BCUT2D eigenvalue weighted by molar-refractivity contribution is -0.115. The first-order valence-corrected chi connectivity index (χ1v) is 9.99. The molecular weight excluding hydrogens is 412 g/mol. The maximum atomic E-state index is 13.3. The summed E-state index contributed by atoms with van der Waals surface area (Å²) < 4.78 is 0.429. The van der Waals surface area contributed by atoms with E-state index in [0.717, 1.165) is 0 Å². The standard InChI is InChI=1S/C18H20N6O3S2/c1-11(25)21-14-7-8-19-10-15(14)24(23(3)18(28)29-4)17(27)13-5-6-16(20-9-13)22-12(2)26/h5-10H,1-4H3,(H,19,21,25)(H,20,22,26). The van der Waals surface area contributed by atoms with Gasteiger partial charge in [0.15, 0.2) is 4.32 Å². The Morgan fingerprint density at radius 2 is 1.76 bits per heavy atom. The summed E-state index contributed by atoms with van der Waals surface area (Å²) in [4.78, 5) is 44.2. The van der Waals surface area contributed by atoms with E-state index in [1.54, 1.807) is 19.4 Å². The van der Waals surface area contributed by atoms with Crippen molar-refractivity contribution in [3.05, 3.63) is 42.4 Å². The summed E-state index contributed by atoms with van der Waals surface area (Å²) in [6, 6.07) is 4.65. The Morgan fingerprint density at radius 3 is 2.31 bits per heavy atom. The van der Waals surface area contributed by atoms with Crippen LogP contribution in [0.25, 0.3) is 0 Å². The second kappa shape index (κ2) is 9.94. The largest absolute Gasteiger partial charge is 0.324 e. The number of carbonyl (C=O) groups is 3. The third kappa shape index (κ3) is 5.72. The van der Waals surface area contributed by atoms with Gasteiger partial charge in [0.05, 0.1) is 17.4 Å². The topological polar surface area (TPSA) is 108 Å². The average molecular weight is 433 g/mol. The molecule has 0 unspecified atom stereocenters. The molecule has 2 rings (SSSR count). The minimum absolute atomic E-state index is 0.257. The highest BCUT2D eigenvalue weighted by molar-refractivity contribution is 8.22. The number of rotatable bonds is 4. The summed E-state index contributed by atoms with van der Waals surface area (Å²) in [7, 11) is 1.64. The van der Waals surface area contributed by atoms with Gasteiger partial charge in [-0.05, 0) is 24.5 Å². The molecule has 11 heteroatoms. The highest BCUT2D eigenvalue weighted by Gasteiger charge is 2.27. The molecule has 0 aliphatic rings. The van der Waals surface area contributed by atoms with E-state index in [4.69, 9.17) is 12.2 Å². The summed E-state index contributed by atoms with van der Waals surface area (Å²) >= 11 is 6.64. The van der Waals surface area contributed by atoms with Crippen LogP contribution in [0.2, 0.25) is 0 Å². The molecule has 2 aromatic heterocycles. The zero-order valence-corrected chi connectivity index (χ0v) is 17.9. The molecule has 0 saturated heterocycles. The molecule has 0 aromatic carbocycles. The number of hydrogen-bond donors (Lipinski definition) is 2. The minimum Gasteiger partial charge on any atom is -0.324 e. The van der Waals surface area contributed by atoms with Gasteiger partial charge in [0.1, 0.15) is 11.5 Å². The van der Waals surface area contributed by atoms with Gasteiger partial charge in [-0.1, -0.05) is 24.0 Å². The van der Waals surface area contributed by atoms with Crippen molar-refractivity contribution >= 4 is 63.2 Å². The second-order valence-corrected chi connectivity index (χ2v) is 7.24. The molecule has 152 valence electrons. The van der Waals surface area contributed by atoms with Gasteiger partial charge in [0.2, 0.25) is 11.8 Å². The predicted molar refractivity (Wildman–Crippen MR) is 118 cm³/mol. The number of anilines is 3. The maximum absolute atomic E-state index is 13.3. The number of nitrogens with one attached hydrogen (secondary N) is 2. The first kappa shape index (κ1) is 22.2. The quantitative estimate of drug-likeness (QED) is 0.561. The number of thiocarbonyl (C=S) groups is 1. The third-order valence-electron chi connectivity index (χ3n) is 3.58. The van der Waals surface area contributed by atoms with Crippen LogP contribution in [0.1, 0.15) is 24.2 Å². The molecule has 2 aromatic rings. The van der Waals surface area contributed by atoms with Crippen LogP contribution >= 0.6 is 24.0 Å². The molecular formula is C18H20N6O3S2. The molecule has 3 amide bonds. The third-order valence-corrected chi connectivity index (χ3v) is 4.96. The highest BCUT2D eigenvalue weighted by atomic mass is 32.2. The van der Waals surface area contributed by atoms with Crippen LogP contribution in [0.3, 0.4) is 0 Å². The fourth-order valence-electron chi connectivity index (χ4n) is 2.37. The highest BCUT2D eigenvalue weighted by Crippen LogP contribution is 2.28. The maximum Gasteiger partial charge on any atom is 0.278 e. The smallest absolute Gasteiger partial charge is 0.278 e. The molecule has 0 radical (unpaired) electrons. The SMILES string of the molecule is CSC(=S)N(C)N(C(=O)c1ccc(NC(C)=O)nc1)c1cnccc1NC(C)=O. The van der Waals surface area contributed by atoms with Crippen LogP contribution in [-0.4, -0.2) is 50.3 Å². The molecule has 0 bridgehead atoms. The van der Waals surface area contributed by atoms with E-state index in [1.807, 2.05) is 0 Å². The van der Waals surface area contributed by atoms with Crippen molar-refractivity contribution in [3.8, 4) is 0 Å². The second-order valence-electron chi connectivity index (χ2n) is 5.80. The molecule has 9 nitrogen and oxygen atoms in total. The molecule has 29 heavy (non-hydrogen) atoms. The molecule has 0 spiro atoms. The molecule has 0 aliphatic heterocycles. The first-order chi connectivity index (χ1) is 13.7. The Morgan fingerprint density at radius 1 is 1.07 bits per heavy atom. The van der Waals surface area contributed by atoms with Crippen LogP contribution < -0.4 is 15.6 Å². The summed E-state index contributed by atoms with van der Waals surface area (Å²) in [6.45, 7) is 2.74. The Labute approximate surface area is 177 Å². The van der Waals surface area contributed by atoms with Crippen molar-refractivity contribution in [3.63, 3.8) is 0 Å². The first-order valence-electron chi connectivity index (χ1n) is 8.36. The Balaban J connectivity index is 2.49. The lowest BCUT2D eigenvalue weighted by atomic mass is 10.2. The van der Waals surface area contributed by atoms with E-state index in [-0.39, 0.29) is 17.4 Å². The van der Waals surface area contributed by atoms with Crippen LogP contribution in [0, 0.1) is 0 Å².